The highest BCUT2D eigenvalue weighted by Crippen LogP contribution is 2.32. The quantitative estimate of drug-likeness (QED) is 0.296. The minimum atomic E-state index is -4.44. The van der Waals surface area contributed by atoms with Crippen LogP contribution in [0.15, 0.2) is 92.2 Å². The third kappa shape index (κ3) is 4.93. The van der Waals surface area contributed by atoms with Crippen LogP contribution in [0.3, 0.4) is 0 Å². The Labute approximate surface area is 204 Å². The molecular weight excluding hydrogens is 498 g/mol. The van der Waals surface area contributed by atoms with Crippen LogP contribution < -0.4 is 5.56 Å². The lowest BCUT2D eigenvalue weighted by Crippen LogP contribution is -2.11. The average molecular weight is 513 g/mol. The highest BCUT2D eigenvalue weighted by atomic mass is 32.2. The van der Waals surface area contributed by atoms with Gasteiger partial charge in [0.05, 0.1) is 22.7 Å². The molecule has 0 saturated heterocycles. The van der Waals surface area contributed by atoms with E-state index in [1.807, 2.05) is 0 Å². The van der Waals surface area contributed by atoms with Gasteiger partial charge in [-0.1, -0.05) is 35.1 Å². The van der Waals surface area contributed by atoms with Gasteiger partial charge in [-0.25, -0.2) is 9.37 Å². The van der Waals surface area contributed by atoms with E-state index in [4.69, 9.17) is 4.52 Å². The predicted octanol–water partition coefficient (Wildman–Crippen LogP) is 5.65. The Morgan fingerprint density at radius 2 is 1.81 bits per heavy atom. The van der Waals surface area contributed by atoms with Gasteiger partial charge in [0.1, 0.15) is 23.5 Å². The minimum Gasteiger partial charge on any atom is -0.364 e. The summed E-state index contributed by atoms with van der Waals surface area (Å²) in [6.07, 6.45) is -1.73. The Kier molecular flexibility index (Phi) is 6.18. The van der Waals surface area contributed by atoms with Crippen molar-refractivity contribution in [3.63, 3.8) is 0 Å². The van der Waals surface area contributed by atoms with Crippen molar-refractivity contribution >= 4 is 11.8 Å². The Hall–Kier alpha value is -4.19. The van der Waals surface area contributed by atoms with Crippen molar-refractivity contribution in [1.82, 2.24) is 24.9 Å². The molecule has 0 amide bonds. The number of hydrogen-bond donors (Lipinski definition) is 1. The molecule has 0 spiro atoms. The minimum absolute atomic E-state index is 0.0982. The molecule has 12 heteroatoms. The zero-order valence-corrected chi connectivity index (χ0v) is 19.0. The van der Waals surface area contributed by atoms with E-state index >= 15 is 0 Å². The summed E-state index contributed by atoms with van der Waals surface area (Å²) in [6.45, 7) is 0.0982. The molecule has 182 valence electrons. The molecule has 5 aromatic rings. The van der Waals surface area contributed by atoms with E-state index in [2.05, 4.69) is 20.2 Å². The van der Waals surface area contributed by atoms with Crippen LogP contribution in [0.5, 0.6) is 0 Å². The smallest absolute Gasteiger partial charge is 0.364 e. The third-order valence-electron chi connectivity index (χ3n) is 5.18. The van der Waals surface area contributed by atoms with E-state index in [0.29, 0.717) is 27.5 Å². The Morgan fingerprint density at radius 1 is 1.03 bits per heavy atom. The molecule has 2 aromatic carbocycles. The molecule has 5 rings (SSSR count). The Bertz CT molecular complexity index is 1560. The van der Waals surface area contributed by atoms with E-state index in [9.17, 15) is 22.4 Å². The van der Waals surface area contributed by atoms with Crippen LogP contribution in [0.25, 0.3) is 22.9 Å². The first kappa shape index (κ1) is 23.5. The number of halogens is 4. The number of aromatic nitrogens is 5. The summed E-state index contributed by atoms with van der Waals surface area (Å²) in [5.41, 5.74) is 0.434. The first-order valence-corrected chi connectivity index (χ1v) is 11.3. The van der Waals surface area contributed by atoms with Gasteiger partial charge in [-0.05, 0) is 36.4 Å². The average Bonchev–Trinajstić information content (AvgIpc) is 3.52. The zero-order chi connectivity index (χ0) is 25.3. The van der Waals surface area contributed by atoms with Crippen LogP contribution in [0.1, 0.15) is 11.1 Å². The molecule has 0 aliphatic rings. The van der Waals surface area contributed by atoms with E-state index in [0.717, 1.165) is 23.9 Å². The Balaban J connectivity index is 1.44. The Morgan fingerprint density at radius 3 is 2.47 bits per heavy atom. The molecule has 0 saturated carbocycles. The van der Waals surface area contributed by atoms with Gasteiger partial charge in [0.15, 0.2) is 5.82 Å². The maximum absolute atomic E-state index is 14.2. The van der Waals surface area contributed by atoms with Crippen LogP contribution in [-0.4, -0.2) is 24.9 Å². The second-order valence-electron chi connectivity index (χ2n) is 7.60. The molecule has 36 heavy (non-hydrogen) atoms. The standard InChI is InChI=1S/C24H15F4N5O2S/c25-17-4-2-1-3-14(17)13-33-20(18-9-10-35-32-18)11-19(31-33)22-29-12-21(23(34)30-22)36-16-7-5-15(6-8-16)24(26,27)28/h1-12H,13H2,(H,29,30,34). The maximum atomic E-state index is 14.2. The van der Waals surface area contributed by atoms with E-state index in [-0.39, 0.29) is 17.3 Å². The second-order valence-corrected chi connectivity index (χ2v) is 8.71. The van der Waals surface area contributed by atoms with Crippen molar-refractivity contribution in [3.05, 3.63) is 100 Å². The van der Waals surface area contributed by atoms with E-state index in [1.54, 1.807) is 30.3 Å². The number of hydrogen-bond acceptors (Lipinski definition) is 6. The van der Waals surface area contributed by atoms with Gasteiger partial charge in [0.2, 0.25) is 0 Å². The predicted molar refractivity (Wildman–Crippen MR) is 123 cm³/mol. The number of H-pyrrole nitrogens is 1. The lowest BCUT2D eigenvalue weighted by Gasteiger charge is -2.07. The normalized spacial score (nSPS) is 11.7. The van der Waals surface area contributed by atoms with Gasteiger partial charge < -0.3 is 9.51 Å². The van der Waals surface area contributed by atoms with Crippen molar-refractivity contribution in [2.45, 2.75) is 22.5 Å². The molecule has 0 bridgehead atoms. The van der Waals surface area contributed by atoms with Crippen molar-refractivity contribution in [3.8, 4) is 22.9 Å². The van der Waals surface area contributed by atoms with E-state index < -0.39 is 23.1 Å². The van der Waals surface area contributed by atoms with Crippen LogP contribution in [0, 0.1) is 5.82 Å². The van der Waals surface area contributed by atoms with Gasteiger partial charge in [-0.3, -0.25) is 9.48 Å². The largest absolute Gasteiger partial charge is 0.416 e. The van der Waals surface area contributed by atoms with Gasteiger partial charge in [0.25, 0.3) is 5.56 Å². The van der Waals surface area contributed by atoms with Crippen LogP contribution in [0.2, 0.25) is 0 Å². The fraction of sp³-hybridized carbons (Fsp3) is 0.0833. The number of nitrogens with zero attached hydrogens (tertiary/aromatic N) is 4. The lowest BCUT2D eigenvalue weighted by molar-refractivity contribution is -0.137. The van der Waals surface area contributed by atoms with Crippen LogP contribution in [-0.2, 0) is 12.7 Å². The molecule has 3 aromatic heterocycles. The SMILES string of the molecule is O=c1[nH]c(-c2cc(-c3ccon3)n(Cc3ccccc3F)n2)ncc1Sc1ccc(C(F)(F)F)cc1. The first-order chi connectivity index (χ1) is 17.3. The molecular formula is C24H15F4N5O2S. The molecule has 0 radical (unpaired) electrons. The third-order valence-corrected chi connectivity index (χ3v) is 6.20. The molecule has 0 aliphatic heterocycles. The van der Waals surface area contributed by atoms with Crippen LogP contribution in [0.4, 0.5) is 17.6 Å². The second kappa shape index (κ2) is 9.46. The summed E-state index contributed by atoms with van der Waals surface area (Å²) in [5, 5.41) is 8.40. The number of alkyl halides is 3. The fourth-order valence-electron chi connectivity index (χ4n) is 3.42. The summed E-state index contributed by atoms with van der Waals surface area (Å²) in [4.78, 5) is 20.3. The van der Waals surface area contributed by atoms with Crippen LogP contribution >= 0.6 is 11.8 Å². The highest BCUT2D eigenvalue weighted by Gasteiger charge is 2.30. The first-order valence-electron chi connectivity index (χ1n) is 10.4. The highest BCUT2D eigenvalue weighted by molar-refractivity contribution is 7.99. The molecule has 0 unspecified atom stereocenters. The number of rotatable bonds is 6. The molecule has 7 nitrogen and oxygen atoms in total. The van der Waals surface area contributed by atoms with E-state index in [1.165, 1.54) is 35.3 Å². The molecule has 3 heterocycles. The van der Waals surface area contributed by atoms with Crippen molar-refractivity contribution < 1.29 is 22.1 Å². The van der Waals surface area contributed by atoms with Crippen molar-refractivity contribution in [1.29, 1.82) is 0 Å². The van der Waals surface area contributed by atoms with Gasteiger partial charge in [-0.15, -0.1) is 0 Å². The number of nitrogens with one attached hydrogen (secondary N) is 1. The lowest BCUT2D eigenvalue weighted by atomic mass is 10.2. The topological polar surface area (TPSA) is 89.6 Å². The summed E-state index contributed by atoms with van der Waals surface area (Å²) in [7, 11) is 0. The van der Waals surface area contributed by atoms with Gasteiger partial charge >= 0.3 is 6.18 Å². The summed E-state index contributed by atoms with van der Waals surface area (Å²) < 4.78 is 59.0. The summed E-state index contributed by atoms with van der Waals surface area (Å²) in [6, 6.07) is 14.0. The summed E-state index contributed by atoms with van der Waals surface area (Å²) in [5.74, 6) is -0.231. The molecule has 1 N–H and O–H groups in total. The fourth-order valence-corrected chi connectivity index (χ4v) is 4.19. The molecule has 0 atom stereocenters. The van der Waals surface area contributed by atoms with Crippen molar-refractivity contribution in [2.24, 2.45) is 0 Å². The number of benzene rings is 2. The molecule has 0 aliphatic carbocycles. The van der Waals surface area contributed by atoms with Gasteiger partial charge in [-0.2, -0.15) is 18.3 Å². The molecule has 0 fully saturated rings. The maximum Gasteiger partial charge on any atom is 0.416 e. The number of aromatic amines is 1. The summed E-state index contributed by atoms with van der Waals surface area (Å²) >= 11 is 0.984. The zero-order valence-electron chi connectivity index (χ0n) is 18.2. The van der Waals surface area contributed by atoms with Gasteiger partial charge in [0, 0.05) is 22.7 Å². The van der Waals surface area contributed by atoms with Crippen molar-refractivity contribution in [2.75, 3.05) is 0 Å². The monoisotopic (exact) mass is 513 g/mol.